The van der Waals surface area contributed by atoms with Gasteiger partial charge in [-0.3, -0.25) is 0 Å². The lowest BCUT2D eigenvalue weighted by atomic mass is 10.1. The van der Waals surface area contributed by atoms with Gasteiger partial charge in [-0.1, -0.05) is 11.6 Å². The van der Waals surface area contributed by atoms with E-state index in [9.17, 15) is 21.6 Å². The molecule has 2 heterocycles. The summed E-state index contributed by atoms with van der Waals surface area (Å²) in [6.45, 7) is 0.734. The maximum absolute atomic E-state index is 13.1. The Morgan fingerprint density at radius 1 is 0.973 bits per heavy atom. The molecule has 1 aliphatic heterocycles. The number of rotatable bonds is 7. The van der Waals surface area contributed by atoms with Crippen LogP contribution in [0.5, 0.6) is 17.2 Å². The Morgan fingerprint density at radius 3 is 2.14 bits per heavy atom. The quantitative estimate of drug-likeness (QED) is 0.390. The van der Waals surface area contributed by atoms with Crippen LogP contribution >= 0.6 is 22.9 Å². The fourth-order valence-electron chi connectivity index (χ4n) is 3.91. The number of anilines is 1. The average molecular weight is 578 g/mol. The van der Waals surface area contributed by atoms with E-state index in [0.29, 0.717) is 47.2 Å². The second-order valence-electron chi connectivity index (χ2n) is 7.96. The van der Waals surface area contributed by atoms with Gasteiger partial charge in [0.15, 0.2) is 16.6 Å². The first-order valence-corrected chi connectivity index (χ1v) is 13.6. The second kappa shape index (κ2) is 10.6. The number of nitrogens with zero attached hydrogens (tertiary/aromatic N) is 3. The van der Waals surface area contributed by atoms with E-state index in [4.69, 9.17) is 25.8 Å². The summed E-state index contributed by atoms with van der Waals surface area (Å²) in [5.74, 6) is 1.43. The fourth-order valence-corrected chi connectivity index (χ4v) is 6.72. The minimum atomic E-state index is -4.69. The largest absolute Gasteiger partial charge is 0.493 e. The van der Waals surface area contributed by atoms with Gasteiger partial charge >= 0.3 is 6.18 Å². The summed E-state index contributed by atoms with van der Waals surface area (Å²) in [5, 5.41) is 2.28. The van der Waals surface area contributed by atoms with Gasteiger partial charge < -0.3 is 19.1 Å². The third-order valence-electron chi connectivity index (χ3n) is 5.84. The number of aromatic nitrogens is 1. The van der Waals surface area contributed by atoms with E-state index in [0.717, 1.165) is 22.0 Å². The molecule has 1 aliphatic rings. The van der Waals surface area contributed by atoms with Gasteiger partial charge in [-0.2, -0.15) is 17.5 Å². The van der Waals surface area contributed by atoms with E-state index in [1.54, 1.807) is 12.1 Å². The molecule has 0 amide bonds. The molecule has 0 N–H and O–H groups in total. The molecule has 14 heteroatoms. The molecule has 0 saturated carbocycles. The van der Waals surface area contributed by atoms with Gasteiger partial charge in [0, 0.05) is 37.1 Å². The molecule has 0 aliphatic carbocycles. The van der Waals surface area contributed by atoms with Gasteiger partial charge in [0.2, 0.25) is 15.8 Å². The van der Waals surface area contributed by atoms with Crippen LogP contribution < -0.4 is 19.1 Å². The lowest BCUT2D eigenvalue weighted by molar-refractivity contribution is -0.137. The summed E-state index contributed by atoms with van der Waals surface area (Å²) in [7, 11) is 0.336. The number of alkyl halides is 3. The monoisotopic (exact) mass is 577 g/mol. The van der Waals surface area contributed by atoms with Crippen molar-refractivity contribution < 1.29 is 35.8 Å². The van der Waals surface area contributed by atoms with Gasteiger partial charge in [0.1, 0.15) is 4.90 Å². The Hall–Kier alpha value is -2.74. The Labute approximate surface area is 221 Å². The predicted molar refractivity (Wildman–Crippen MR) is 135 cm³/mol. The molecule has 1 fully saturated rings. The van der Waals surface area contributed by atoms with Crippen molar-refractivity contribution in [1.82, 2.24) is 9.29 Å². The Kier molecular flexibility index (Phi) is 7.79. The number of benzene rings is 2. The minimum Gasteiger partial charge on any atom is -0.493 e. The first-order valence-electron chi connectivity index (χ1n) is 10.9. The zero-order valence-electron chi connectivity index (χ0n) is 20.0. The number of halogens is 4. The van der Waals surface area contributed by atoms with E-state index in [1.807, 2.05) is 10.3 Å². The van der Waals surface area contributed by atoms with Crippen molar-refractivity contribution in [1.29, 1.82) is 0 Å². The highest BCUT2D eigenvalue weighted by Crippen LogP contribution is 2.42. The molecule has 3 aromatic rings. The number of hydrogen-bond acceptors (Lipinski definition) is 8. The van der Waals surface area contributed by atoms with Crippen LogP contribution in [0.25, 0.3) is 11.3 Å². The molecule has 0 atom stereocenters. The van der Waals surface area contributed by atoms with E-state index >= 15 is 0 Å². The van der Waals surface area contributed by atoms with E-state index in [-0.39, 0.29) is 18.1 Å². The van der Waals surface area contributed by atoms with Crippen molar-refractivity contribution in [3.05, 3.63) is 46.3 Å². The van der Waals surface area contributed by atoms with Crippen LogP contribution in [-0.2, 0) is 16.2 Å². The van der Waals surface area contributed by atoms with Crippen LogP contribution in [-0.4, -0.2) is 65.2 Å². The van der Waals surface area contributed by atoms with Crippen LogP contribution in [0.3, 0.4) is 0 Å². The summed E-state index contributed by atoms with van der Waals surface area (Å²) < 4.78 is 82.9. The van der Waals surface area contributed by atoms with Crippen LogP contribution in [0.1, 0.15) is 5.56 Å². The second-order valence-corrected chi connectivity index (χ2v) is 11.1. The first kappa shape index (κ1) is 27.3. The standard InChI is InChI=1S/C23H23ClF3N3O5S2/c1-33-18-10-14(11-19(34-2)21(18)35-3)17-13-36-22(28-17)29-6-8-30(9-7-29)37(31,32)20-12-15(23(25,26)27)4-5-16(20)24/h4-5,10-13H,6-9H2,1-3H3. The number of sulfonamides is 1. The molecule has 1 aromatic heterocycles. The third kappa shape index (κ3) is 5.44. The maximum atomic E-state index is 13.1. The van der Waals surface area contributed by atoms with Gasteiger partial charge in [0.05, 0.1) is 37.6 Å². The highest BCUT2D eigenvalue weighted by atomic mass is 35.5. The molecule has 200 valence electrons. The summed E-state index contributed by atoms with van der Waals surface area (Å²) in [6.07, 6.45) is -4.69. The molecule has 4 rings (SSSR count). The topological polar surface area (TPSA) is 81.2 Å². The summed E-state index contributed by atoms with van der Waals surface area (Å²) in [6, 6.07) is 5.85. The lowest BCUT2D eigenvalue weighted by Gasteiger charge is -2.34. The highest BCUT2D eigenvalue weighted by molar-refractivity contribution is 7.89. The average Bonchev–Trinajstić information content (AvgIpc) is 3.37. The zero-order valence-corrected chi connectivity index (χ0v) is 22.4. The van der Waals surface area contributed by atoms with Gasteiger partial charge in [-0.05, 0) is 30.3 Å². The summed E-state index contributed by atoms with van der Waals surface area (Å²) >= 11 is 7.37. The van der Waals surface area contributed by atoms with Gasteiger partial charge in [-0.15, -0.1) is 11.3 Å². The molecule has 37 heavy (non-hydrogen) atoms. The summed E-state index contributed by atoms with van der Waals surface area (Å²) in [4.78, 5) is 6.05. The molecule has 0 bridgehead atoms. The number of methoxy groups -OCH3 is 3. The van der Waals surface area contributed by atoms with Crippen molar-refractivity contribution in [2.75, 3.05) is 52.4 Å². The summed E-state index contributed by atoms with van der Waals surface area (Å²) in [5.41, 5.74) is 0.346. The normalized spacial score (nSPS) is 15.1. The number of piperazine rings is 1. The molecule has 8 nitrogen and oxygen atoms in total. The van der Waals surface area contributed by atoms with E-state index < -0.39 is 26.7 Å². The van der Waals surface area contributed by atoms with Gasteiger partial charge in [0.25, 0.3) is 0 Å². The fraction of sp³-hybridized carbons (Fsp3) is 0.348. The Balaban J connectivity index is 1.51. The van der Waals surface area contributed by atoms with Crippen molar-refractivity contribution >= 4 is 38.1 Å². The number of thiazole rings is 1. The molecular weight excluding hydrogens is 555 g/mol. The molecule has 0 unspecified atom stereocenters. The molecular formula is C23H23ClF3N3O5S2. The van der Waals surface area contributed by atoms with Gasteiger partial charge in [-0.25, -0.2) is 13.4 Å². The molecule has 2 aromatic carbocycles. The van der Waals surface area contributed by atoms with Crippen molar-refractivity contribution in [2.45, 2.75) is 11.1 Å². The lowest BCUT2D eigenvalue weighted by Crippen LogP contribution is -2.48. The van der Waals surface area contributed by atoms with E-state index in [2.05, 4.69) is 4.98 Å². The smallest absolute Gasteiger partial charge is 0.416 e. The Bertz CT molecular complexity index is 1370. The third-order valence-corrected chi connectivity index (χ3v) is 9.12. The highest BCUT2D eigenvalue weighted by Gasteiger charge is 2.35. The van der Waals surface area contributed by atoms with Crippen molar-refractivity contribution in [3.8, 4) is 28.5 Å². The zero-order chi connectivity index (χ0) is 27.0. The minimum absolute atomic E-state index is 0.0635. The van der Waals surface area contributed by atoms with Crippen molar-refractivity contribution in [3.63, 3.8) is 0 Å². The predicted octanol–water partition coefficient (Wildman–Crippen LogP) is 5.02. The van der Waals surface area contributed by atoms with E-state index in [1.165, 1.54) is 32.7 Å². The maximum Gasteiger partial charge on any atom is 0.416 e. The van der Waals surface area contributed by atoms with Crippen LogP contribution in [0.2, 0.25) is 5.02 Å². The molecule has 0 radical (unpaired) electrons. The molecule has 1 saturated heterocycles. The van der Waals surface area contributed by atoms with Crippen LogP contribution in [0, 0.1) is 0 Å². The van der Waals surface area contributed by atoms with Crippen LogP contribution in [0.15, 0.2) is 40.6 Å². The SMILES string of the molecule is COc1cc(-c2csc(N3CCN(S(=O)(=O)c4cc(C(F)(F)F)ccc4Cl)CC3)n2)cc(OC)c1OC. The van der Waals surface area contributed by atoms with Crippen LogP contribution in [0.4, 0.5) is 18.3 Å². The molecule has 0 spiro atoms. The Morgan fingerprint density at radius 2 is 1.59 bits per heavy atom. The number of ether oxygens (including phenoxy) is 3. The van der Waals surface area contributed by atoms with Crippen molar-refractivity contribution in [2.24, 2.45) is 0 Å². The number of hydrogen-bond donors (Lipinski definition) is 0. The first-order chi connectivity index (χ1) is 17.5.